The molecule has 0 amide bonds. The lowest BCUT2D eigenvalue weighted by atomic mass is 10.3. The molecule has 0 saturated carbocycles. The first-order valence-corrected chi connectivity index (χ1v) is 7.01. The summed E-state index contributed by atoms with van der Waals surface area (Å²) in [7, 11) is 1.98. The quantitative estimate of drug-likeness (QED) is 0.853. The molecule has 17 heavy (non-hydrogen) atoms. The van der Waals surface area contributed by atoms with Crippen LogP contribution < -0.4 is 5.32 Å². The van der Waals surface area contributed by atoms with Gasteiger partial charge in [0.25, 0.3) is 0 Å². The minimum Gasteiger partial charge on any atom is -0.379 e. The van der Waals surface area contributed by atoms with E-state index in [0.717, 1.165) is 45.8 Å². The number of hydrogen-bond acceptors (Lipinski definition) is 5. The number of morpholine rings is 1. The first-order valence-electron chi connectivity index (χ1n) is 6.19. The van der Waals surface area contributed by atoms with E-state index in [1.807, 2.05) is 18.4 Å². The van der Waals surface area contributed by atoms with Crippen LogP contribution in [-0.2, 0) is 17.7 Å². The Morgan fingerprint density at radius 2 is 2.18 bits per heavy atom. The van der Waals surface area contributed by atoms with Gasteiger partial charge in [-0.25, -0.2) is 4.98 Å². The molecule has 96 valence electrons. The Morgan fingerprint density at radius 3 is 2.88 bits per heavy atom. The third kappa shape index (κ3) is 3.74. The predicted octanol–water partition coefficient (Wildman–Crippen LogP) is 1.05. The van der Waals surface area contributed by atoms with Crippen LogP contribution >= 0.6 is 11.3 Å². The number of rotatable bonds is 5. The molecule has 0 atom stereocenters. The molecule has 0 aliphatic carbocycles. The van der Waals surface area contributed by atoms with E-state index >= 15 is 0 Å². The summed E-state index contributed by atoms with van der Waals surface area (Å²) in [6, 6.07) is 0. The van der Waals surface area contributed by atoms with E-state index in [2.05, 4.69) is 22.1 Å². The predicted molar refractivity (Wildman–Crippen MR) is 70.6 cm³/mol. The summed E-state index contributed by atoms with van der Waals surface area (Å²) < 4.78 is 5.34. The van der Waals surface area contributed by atoms with Crippen LogP contribution in [0.4, 0.5) is 0 Å². The summed E-state index contributed by atoms with van der Waals surface area (Å²) in [6.45, 7) is 8.02. The van der Waals surface area contributed by atoms with Gasteiger partial charge >= 0.3 is 0 Å². The molecule has 0 unspecified atom stereocenters. The molecular weight excluding hydrogens is 234 g/mol. The highest BCUT2D eigenvalue weighted by atomic mass is 32.1. The van der Waals surface area contributed by atoms with Crippen molar-refractivity contribution < 1.29 is 4.74 Å². The third-order valence-electron chi connectivity index (χ3n) is 3.02. The van der Waals surface area contributed by atoms with E-state index < -0.39 is 0 Å². The van der Waals surface area contributed by atoms with E-state index in [0.29, 0.717) is 0 Å². The van der Waals surface area contributed by atoms with Crippen LogP contribution in [0.1, 0.15) is 15.6 Å². The zero-order chi connectivity index (χ0) is 12.1. The maximum atomic E-state index is 5.34. The largest absolute Gasteiger partial charge is 0.379 e. The first kappa shape index (κ1) is 13.0. The molecule has 1 aliphatic rings. The van der Waals surface area contributed by atoms with Gasteiger partial charge in [-0.2, -0.15) is 0 Å². The molecule has 1 saturated heterocycles. The average molecular weight is 255 g/mol. The standard InChI is InChI=1S/C12H21N3OS/c1-10-11(9-13-2)17-12(14-10)3-4-15-5-7-16-8-6-15/h13H,3-9H2,1-2H3. The molecule has 1 aromatic heterocycles. The Labute approximate surface area is 107 Å². The number of nitrogens with zero attached hydrogens (tertiary/aromatic N) is 2. The fourth-order valence-electron chi connectivity index (χ4n) is 2.00. The summed E-state index contributed by atoms with van der Waals surface area (Å²) in [5.41, 5.74) is 1.18. The van der Waals surface area contributed by atoms with Crippen molar-refractivity contribution in [3.8, 4) is 0 Å². The third-order valence-corrected chi connectivity index (χ3v) is 4.24. The van der Waals surface area contributed by atoms with Crippen molar-refractivity contribution in [2.45, 2.75) is 19.9 Å². The zero-order valence-electron chi connectivity index (χ0n) is 10.7. The molecular formula is C12H21N3OS. The minimum absolute atomic E-state index is 0.877. The van der Waals surface area contributed by atoms with Crippen LogP contribution in [0.25, 0.3) is 0 Å². The minimum atomic E-state index is 0.877. The molecule has 5 heteroatoms. The second-order valence-corrected chi connectivity index (χ2v) is 5.52. The van der Waals surface area contributed by atoms with Gasteiger partial charge in [0.05, 0.1) is 23.9 Å². The molecule has 1 aliphatic heterocycles. The Morgan fingerprint density at radius 1 is 1.41 bits per heavy atom. The maximum absolute atomic E-state index is 5.34. The van der Waals surface area contributed by atoms with Crippen LogP contribution in [-0.4, -0.2) is 49.8 Å². The van der Waals surface area contributed by atoms with Gasteiger partial charge in [-0.15, -0.1) is 11.3 Å². The summed E-state index contributed by atoms with van der Waals surface area (Å²) in [4.78, 5) is 8.46. The Hall–Kier alpha value is -0.490. The Kier molecular flexibility index (Phi) is 4.91. The average Bonchev–Trinajstić information content (AvgIpc) is 2.70. The summed E-state index contributed by atoms with van der Waals surface area (Å²) in [5.74, 6) is 0. The maximum Gasteiger partial charge on any atom is 0.0944 e. The van der Waals surface area contributed by atoms with Crippen molar-refractivity contribution in [3.63, 3.8) is 0 Å². The number of ether oxygens (including phenoxy) is 1. The number of hydrogen-bond donors (Lipinski definition) is 1. The van der Waals surface area contributed by atoms with Gasteiger partial charge in [0.2, 0.25) is 0 Å². The molecule has 0 aromatic carbocycles. The fraction of sp³-hybridized carbons (Fsp3) is 0.750. The van der Waals surface area contributed by atoms with Gasteiger partial charge in [-0.3, -0.25) is 4.90 Å². The van der Waals surface area contributed by atoms with Gasteiger partial charge in [-0.1, -0.05) is 0 Å². The van der Waals surface area contributed by atoms with Crippen LogP contribution in [0.2, 0.25) is 0 Å². The van der Waals surface area contributed by atoms with Gasteiger partial charge in [-0.05, 0) is 14.0 Å². The van der Waals surface area contributed by atoms with E-state index in [9.17, 15) is 0 Å². The second-order valence-electron chi connectivity index (χ2n) is 4.35. The van der Waals surface area contributed by atoms with Crippen molar-refractivity contribution in [2.24, 2.45) is 0 Å². The molecule has 4 nitrogen and oxygen atoms in total. The van der Waals surface area contributed by atoms with Crippen molar-refractivity contribution in [1.82, 2.24) is 15.2 Å². The van der Waals surface area contributed by atoms with Crippen molar-refractivity contribution >= 4 is 11.3 Å². The lowest BCUT2D eigenvalue weighted by Crippen LogP contribution is -2.37. The summed E-state index contributed by atoms with van der Waals surface area (Å²) in [5, 5.41) is 4.45. The monoisotopic (exact) mass is 255 g/mol. The molecule has 0 spiro atoms. The van der Waals surface area contributed by atoms with Crippen LogP contribution in [0.3, 0.4) is 0 Å². The Balaban J connectivity index is 1.83. The topological polar surface area (TPSA) is 37.4 Å². The van der Waals surface area contributed by atoms with Gasteiger partial charge < -0.3 is 10.1 Å². The highest BCUT2D eigenvalue weighted by molar-refractivity contribution is 7.11. The lowest BCUT2D eigenvalue weighted by molar-refractivity contribution is 0.0384. The lowest BCUT2D eigenvalue weighted by Gasteiger charge is -2.25. The SMILES string of the molecule is CNCc1sc(CCN2CCOCC2)nc1C. The zero-order valence-corrected chi connectivity index (χ0v) is 11.5. The molecule has 1 N–H and O–H groups in total. The fourth-order valence-corrected chi connectivity index (χ4v) is 3.07. The molecule has 1 aromatic rings. The number of aromatic nitrogens is 1. The smallest absolute Gasteiger partial charge is 0.0944 e. The summed E-state index contributed by atoms with van der Waals surface area (Å²) in [6.07, 6.45) is 1.06. The van der Waals surface area contributed by atoms with E-state index in [-0.39, 0.29) is 0 Å². The number of thiazole rings is 1. The first-order chi connectivity index (χ1) is 8.29. The van der Waals surface area contributed by atoms with Crippen LogP contribution in [0.15, 0.2) is 0 Å². The van der Waals surface area contributed by atoms with E-state index in [1.54, 1.807) is 0 Å². The van der Waals surface area contributed by atoms with E-state index in [1.165, 1.54) is 15.6 Å². The van der Waals surface area contributed by atoms with Crippen molar-refractivity contribution in [3.05, 3.63) is 15.6 Å². The van der Waals surface area contributed by atoms with Gasteiger partial charge in [0.1, 0.15) is 0 Å². The molecule has 0 bridgehead atoms. The molecule has 2 rings (SSSR count). The van der Waals surface area contributed by atoms with Crippen LogP contribution in [0.5, 0.6) is 0 Å². The molecule has 0 radical (unpaired) electrons. The van der Waals surface area contributed by atoms with Gasteiger partial charge in [0.15, 0.2) is 0 Å². The van der Waals surface area contributed by atoms with Gasteiger partial charge in [0, 0.05) is 37.5 Å². The number of aryl methyl sites for hydroxylation is 1. The highest BCUT2D eigenvalue weighted by Gasteiger charge is 2.12. The van der Waals surface area contributed by atoms with Crippen molar-refractivity contribution in [2.75, 3.05) is 39.9 Å². The highest BCUT2D eigenvalue weighted by Crippen LogP contribution is 2.18. The Bertz CT molecular complexity index is 348. The molecule has 1 fully saturated rings. The normalized spacial score (nSPS) is 17.5. The number of nitrogens with one attached hydrogen (secondary N) is 1. The molecule has 2 heterocycles. The summed E-state index contributed by atoms with van der Waals surface area (Å²) >= 11 is 1.84. The van der Waals surface area contributed by atoms with Crippen LogP contribution in [0, 0.1) is 6.92 Å². The van der Waals surface area contributed by atoms with Crippen molar-refractivity contribution in [1.29, 1.82) is 0 Å². The van der Waals surface area contributed by atoms with E-state index in [4.69, 9.17) is 4.74 Å². The second kappa shape index (κ2) is 6.44.